The number of ether oxygens (including phenoxy) is 2. The maximum atomic E-state index is 12.2. The van der Waals surface area contributed by atoms with Crippen LogP contribution in [0.3, 0.4) is 0 Å². The van der Waals surface area contributed by atoms with Crippen LogP contribution >= 0.6 is 0 Å². The first-order valence-corrected chi connectivity index (χ1v) is 6.49. The van der Waals surface area contributed by atoms with E-state index in [0.29, 0.717) is 19.6 Å². The molecule has 2 unspecified atom stereocenters. The molecule has 0 bridgehead atoms. The molecule has 0 radical (unpaired) electrons. The van der Waals surface area contributed by atoms with Gasteiger partial charge in [0.25, 0.3) is 0 Å². The van der Waals surface area contributed by atoms with Gasteiger partial charge in [0.15, 0.2) is 0 Å². The molecule has 4 nitrogen and oxygen atoms in total. The number of esters is 1. The third kappa shape index (κ3) is 3.38. The van der Waals surface area contributed by atoms with Crippen molar-refractivity contribution in [1.29, 1.82) is 0 Å². The molecule has 2 rings (SSSR count). The lowest BCUT2D eigenvalue weighted by Crippen LogP contribution is -2.51. The number of carbonyl (C=O) groups is 1. The van der Waals surface area contributed by atoms with E-state index in [2.05, 4.69) is 4.90 Å². The van der Waals surface area contributed by atoms with Crippen LogP contribution in [0, 0.1) is 0 Å². The van der Waals surface area contributed by atoms with Gasteiger partial charge < -0.3 is 9.47 Å². The Morgan fingerprint density at radius 1 is 1.22 bits per heavy atom. The lowest BCUT2D eigenvalue weighted by Gasteiger charge is -2.40. The molecule has 0 amide bonds. The zero-order valence-corrected chi connectivity index (χ0v) is 10.3. The summed E-state index contributed by atoms with van der Waals surface area (Å²) in [5, 5.41) is 0. The van der Waals surface area contributed by atoms with Crippen LogP contribution in [-0.2, 0) is 14.3 Å². The molecule has 18 heavy (non-hydrogen) atoms. The van der Waals surface area contributed by atoms with Crippen LogP contribution in [-0.4, -0.2) is 55.7 Å². The van der Waals surface area contributed by atoms with Gasteiger partial charge in [-0.05, 0) is 19.3 Å². The summed E-state index contributed by atoms with van der Waals surface area (Å²) in [6.07, 6.45) is 0.157. The van der Waals surface area contributed by atoms with Crippen LogP contribution in [0.5, 0.6) is 0 Å². The van der Waals surface area contributed by atoms with E-state index < -0.39 is 18.5 Å². The number of hydrogen-bond acceptors (Lipinski definition) is 4. The van der Waals surface area contributed by atoms with Crippen molar-refractivity contribution in [3.05, 3.63) is 0 Å². The van der Waals surface area contributed by atoms with Crippen molar-refractivity contribution in [2.75, 3.05) is 26.3 Å². The SMILES string of the molecule is O=C(OC1CCCCC1N1CCOCC1)C(F)F. The van der Waals surface area contributed by atoms with Crippen LogP contribution in [0.2, 0.25) is 0 Å². The summed E-state index contributed by atoms with van der Waals surface area (Å²) < 4.78 is 34.7. The first kappa shape index (κ1) is 13.7. The van der Waals surface area contributed by atoms with Crippen molar-refractivity contribution in [1.82, 2.24) is 4.90 Å². The van der Waals surface area contributed by atoms with E-state index in [4.69, 9.17) is 9.47 Å². The van der Waals surface area contributed by atoms with Gasteiger partial charge in [-0.15, -0.1) is 0 Å². The van der Waals surface area contributed by atoms with E-state index in [1.165, 1.54) is 0 Å². The third-order valence-electron chi connectivity index (χ3n) is 3.63. The average molecular weight is 263 g/mol. The standard InChI is InChI=1S/C12H19F2NO3/c13-11(14)12(16)18-10-4-2-1-3-9(10)15-5-7-17-8-6-15/h9-11H,1-8H2. The topological polar surface area (TPSA) is 38.8 Å². The van der Waals surface area contributed by atoms with Crippen LogP contribution < -0.4 is 0 Å². The molecule has 1 aliphatic carbocycles. The lowest BCUT2D eigenvalue weighted by atomic mass is 9.91. The zero-order chi connectivity index (χ0) is 13.0. The van der Waals surface area contributed by atoms with Crippen molar-refractivity contribution >= 4 is 5.97 Å². The highest BCUT2D eigenvalue weighted by molar-refractivity contribution is 5.73. The van der Waals surface area contributed by atoms with E-state index in [9.17, 15) is 13.6 Å². The highest BCUT2D eigenvalue weighted by Gasteiger charge is 2.35. The van der Waals surface area contributed by atoms with Gasteiger partial charge in [0.2, 0.25) is 0 Å². The highest BCUT2D eigenvalue weighted by Crippen LogP contribution is 2.26. The first-order valence-electron chi connectivity index (χ1n) is 6.49. The fourth-order valence-corrected chi connectivity index (χ4v) is 2.74. The minimum Gasteiger partial charge on any atom is -0.457 e. The summed E-state index contributed by atoms with van der Waals surface area (Å²) in [5.74, 6) is -1.39. The molecule has 2 aliphatic rings. The maximum absolute atomic E-state index is 12.2. The summed E-state index contributed by atoms with van der Waals surface area (Å²) in [4.78, 5) is 13.2. The molecule has 1 saturated heterocycles. The van der Waals surface area contributed by atoms with Gasteiger partial charge >= 0.3 is 12.4 Å². The zero-order valence-electron chi connectivity index (χ0n) is 10.3. The molecule has 2 fully saturated rings. The van der Waals surface area contributed by atoms with Crippen LogP contribution in [0.15, 0.2) is 0 Å². The molecule has 1 aliphatic heterocycles. The summed E-state index contributed by atoms with van der Waals surface area (Å²) >= 11 is 0. The molecule has 2 atom stereocenters. The average Bonchev–Trinajstić information content (AvgIpc) is 2.40. The van der Waals surface area contributed by atoms with Crippen LogP contribution in [0.25, 0.3) is 0 Å². The first-order chi connectivity index (χ1) is 8.68. The van der Waals surface area contributed by atoms with E-state index in [-0.39, 0.29) is 6.04 Å². The fourth-order valence-electron chi connectivity index (χ4n) is 2.74. The largest absolute Gasteiger partial charge is 0.457 e. The summed E-state index contributed by atoms with van der Waals surface area (Å²) in [6.45, 7) is 2.89. The molecule has 1 heterocycles. The van der Waals surface area contributed by atoms with Gasteiger partial charge in [0, 0.05) is 19.1 Å². The normalized spacial score (nSPS) is 30.4. The van der Waals surface area contributed by atoms with Gasteiger partial charge in [0.05, 0.1) is 13.2 Å². The maximum Gasteiger partial charge on any atom is 0.374 e. The van der Waals surface area contributed by atoms with E-state index in [1.807, 2.05) is 0 Å². The molecule has 1 saturated carbocycles. The van der Waals surface area contributed by atoms with Gasteiger partial charge in [-0.1, -0.05) is 6.42 Å². The van der Waals surface area contributed by atoms with E-state index in [0.717, 1.165) is 32.4 Å². The molecular weight excluding hydrogens is 244 g/mol. The Bertz CT molecular complexity index is 282. The second-order valence-corrected chi connectivity index (χ2v) is 4.78. The fraction of sp³-hybridized carbons (Fsp3) is 0.917. The molecule has 0 spiro atoms. The third-order valence-corrected chi connectivity index (χ3v) is 3.63. The van der Waals surface area contributed by atoms with Gasteiger partial charge in [-0.3, -0.25) is 4.90 Å². The summed E-state index contributed by atoms with van der Waals surface area (Å²) in [5.41, 5.74) is 0. The number of carbonyl (C=O) groups excluding carboxylic acids is 1. The smallest absolute Gasteiger partial charge is 0.374 e. The minimum atomic E-state index is -3.03. The van der Waals surface area contributed by atoms with E-state index in [1.54, 1.807) is 0 Å². The molecular formula is C12H19F2NO3. The Morgan fingerprint density at radius 2 is 1.89 bits per heavy atom. The van der Waals surface area contributed by atoms with Crippen LogP contribution in [0.4, 0.5) is 8.78 Å². The Balaban J connectivity index is 1.94. The summed E-state index contributed by atoms with van der Waals surface area (Å²) in [7, 11) is 0. The highest BCUT2D eigenvalue weighted by atomic mass is 19.3. The predicted molar refractivity (Wildman–Crippen MR) is 60.5 cm³/mol. The Morgan fingerprint density at radius 3 is 2.56 bits per heavy atom. The van der Waals surface area contributed by atoms with Crippen molar-refractivity contribution < 1.29 is 23.0 Å². The van der Waals surface area contributed by atoms with Gasteiger partial charge in [-0.2, -0.15) is 8.78 Å². The lowest BCUT2D eigenvalue weighted by molar-refractivity contribution is -0.168. The Labute approximate surface area is 105 Å². The number of alkyl halides is 2. The predicted octanol–water partition coefficient (Wildman–Crippen LogP) is 1.44. The minimum absolute atomic E-state index is 0.0744. The molecule has 6 heteroatoms. The number of halogens is 2. The second-order valence-electron chi connectivity index (χ2n) is 4.78. The van der Waals surface area contributed by atoms with Crippen molar-refractivity contribution in [3.8, 4) is 0 Å². The number of morpholine rings is 1. The van der Waals surface area contributed by atoms with Crippen LogP contribution in [0.1, 0.15) is 25.7 Å². The Hall–Kier alpha value is -0.750. The van der Waals surface area contributed by atoms with Gasteiger partial charge in [0.1, 0.15) is 6.10 Å². The number of nitrogens with zero attached hydrogens (tertiary/aromatic N) is 1. The summed E-state index contributed by atoms with van der Waals surface area (Å²) in [6, 6.07) is 0.0744. The molecule has 0 aromatic carbocycles. The van der Waals surface area contributed by atoms with Crippen molar-refractivity contribution in [2.45, 2.75) is 44.3 Å². The Kier molecular flexibility index (Phi) is 4.88. The van der Waals surface area contributed by atoms with Crippen molar-refractivity contribution in [3.63, 3.8) is 0 Å². The number of hydrogen-bond donors (Lipinski definition) is 0. The monoisotopic (exact) mass is 263 g/mol. The molecule has 0 aromatic rings. The van der Waals surface area contributed by atoms with E-state index >= 15 is 0 Å². The molecule has 0 aromatic heterocycles. The quantitative estimate of drug-likeness (QED) is 0.722. The molecule has 104 valence electrons. The van der Waals surface area contributed by atoms with Crippen molar-refractivity contribution in [2.24, 2.45) is 0 Å². The molecule has 0 N–H and O–H groups in total. The number of rotatable bonds is 3. The second kappa shape index (κ2) is 6.43. The van der Waals surface area contributed by atoms with Gasteiger partial charge in [-0.25, -0.2) is 4.79 Å².